The normalized spacial score (nSPS) is 10.7. The Labute approximate surface area is 128 Å². The van der Waals surface area contributed by atoms with Crippen LogP contribution in [0.2, 0.25) is 0 Å². The molecule has 0 radical (unpaired) electrons. The number of carboxylic acid groups (broad SMARTS) is 1. The number of nitrogens with zero attached hydrogens (tertiary/aromatic N) is 3. The minimum absolute atomic E-state index is 0.301. The monoisotopic (exact) mass is 305 g/mol. The van der Waals surface area contributed by atoms with Crippen molar-refractivity contribution >= 4 is 11.9 Å². The van der Waals surface area contributed by atoms with Crippen molar-refractivity contribution in [3.63, 3.8) is 0 Å². The van der Waals surface area contributed by atoms with Crippen molar-refractivity contribution in [2.75, 3.05) is 13.1 Å². The van der Waals surface area contributed by atoms with Gasteiger partial charge in [0, 0.05) is 24.0 Å². The Hall–Kier alpha value is -2.57. The summed E-state index contributed by atoms with van der Waals surface area (Å²) in [7, 11) is 0. The molecule has 7 nitrogen and oxygen atoms in total. The van der Waals surface area contributed by atoms with Crippen molar-refractivity contribution in [1.82, 2.24) is 14.6 Å². The summed E-state index contributed by atoms with van der Waals surface area (Å²) in [6.45, 7) is 7.23. The van der Waals surface area contributed by atoms with E-state index in [2.05, 4.69) is 5.16 Å². The van der Waals surface area contributed by atoms with Crippen LogP contribution in [0.3, 0.4) is 0 Å². The summed E-state index contributed by atoms with van der Waals surface area (Å²) in [6.07, 6.45) is 0. The molecule has 0 saturated heterocycles. The number of aryl methyl sites for hydroxylation is 2. The van der Waals surface area contributed by atoms with E-state index in [4.69, 9.17) is 9.63 Å². The molecule has 0 saturated carbocycles. The lowest BCUT2D eigenvalue weighted by Gasteiger charge is -2.18. The largest absolute Gasteiger partial charge is 0.480 e. The number of hydrogen-bond donors (Lipinski definition) is 1. The van der Waals surface area contributed by atoms with Crippen LogP contribution in [0.4, 0.5) is 0 Å². The second-order valence-electron chi connectivity index (χ2n) is 5.13. The third-order valence-electron chi connectivity index (χ3n) is 3.50. The molecule has 2 rings (SSSR count). The molecule has 0 aliphatic carbocycles. The van der Waals surface area contributed by atoms with E-state index < -0.39 is 5.97 Å². The van der Waals surface area contributed by atoms with Crippen LogP contribution in [0, 0.1) is 20.8 Å². The molecule has 1 amide bonds. The lowest BCUT2D eigenvalue weighted by atomic mass is 10.2. The summed E-state index contributed by atoms with van der Waals surface area (Å²) in [6, 6.07) is 3.52. The smallest absolute Gasteiger partial charge is 0.323 e. The molecule has 2 aromatic heterocycles. The number of likely N-dealkylation sites (N-methyl/N-ethyl adjacent to an activating group) is 1. The molecule has 0 aromatic carbocycles. The van der Waals surface area contributed by atoms with E-state index in [0.29, 0.717) is 29.4 Å². The molecule has 0 bridgehead atoms. The van der Waals surface area contributed by atoms with Gasteiger partial charge in [-0.3, -0.25) is 14.2 Å². The number of carboxylic acids is 1. The van der Waals surface area contributed by atoms with Crippen molar-refractivity contribution in [2.45, 2.75) is 27.7 Å². The van der Waals surface area contributed by atoms with Crippen molar-refractivity contribution in [2.24, 2.45) is 0 Å². The van der Waals surface area contributed by atoms with E-state index in [0.717, 1.165) is 5.69 Å². The van der Waals surface area contributed by atoms with Gasteiger partial charge in [-0.15, -0.1) is 0 Å². The number of rotatable bonds is 5. The van der Waals surface area contributed by atoms with Gasteiger partial charge in [-0.25, -0.2) is 0 Å². The van der Waals surface area contributed by atoms with Crippen molar-refractivity contribution in [1.29, 1.82) is 0 Å². The van der Waals surface area contributed by atoms with Crippen LogP contribution in [0.1, 0.15) is 34.4 Å². The van der Waals surface area contributed by atoms with Gasteiger partial charge in [0.2, 0.25) is 0 Å². The van der Waals surface area contributed by atoms with E-state index >= 15 is 0 Å². The first-order valence-corrected chi connectivity index (χ1v) is 6.98. The van der Waals surface area contributed by atoms with Crippen molar-refractivity contribution in [3.05, 3.63) is 34.8 Å². The Bertz CT molecular complexity index is 714. The van der Waals surface area contributed by atoms with Gasteiger partial charge in [0.15, 0.2) is 5.82 Å². The first kappa shape index (κ1) is 15.8. The molecular weight excluding hydrogens is 286 g/mol. The van der Waals surface area contributed by atoms with Gasteiger partial charge < -0.3 is 14.5 Å². The second kappa shape index (κ2) is 6.05. The molecular formula is C15H19N3O4. The summed E-state index contributed by atoms with van der Waals surface area (Å²) in [5, 5.41) is 12.9. The minimum Gasteiger partial charge on any atom is -0.480 e. The third kappa shape index (κ3) is 2.88. The maximum Gasteiger partial charge on any atom is 0.323 e. The number of carbonyl (C=O) groups is 2. The van der Waals surface area contributed by atoms with Crippen LogP contribution in [0.5, 0.6) is 0 Å². The average molecular weight is 305 g/mol. The van der Waals surface area contributed by atoms with Gasteiger partial charge >= 0.3 is 5.97 Å². The zero-order chi connectivity index (χ0) is 16.4. The maximum absolute atomic E-state index is 12.5. The molecule has 7 heteroatoms. The Morgan fingerprint density at radius 1 is 1.32 bits per heavy atom. The summed E-state index contributed by atoms with van der Waals surface area (Å²) < 4.78 is 6.89. The van der Waals surface area contributed by atoms with E-state index in [1.165, 1.54) is 4.90 Å². The fourth-order valence-electron chi connectivity index (χ4n) is 2.45. The third-order valence-corrected chi connectivity index (χ3v) is 3.50. The van der Waals surface area contributed by atoms with Crippen molar-refractivity contribution in [3.8, 4) is 5.82 Å². The molecule has 0 spiro atoms. The number of aromatic nitrogens is 2. The zero-order valence-electron chi connectivity index (χ0n) is 13.1. The van der Waals surface area contributed by atoms with Crippen molar-refractivity contribution < 1.29 is 19.2 Å². The van der Waals surface area contributed by atoms with Crippen LogP contribution >= 0.6 is 0 Å². The van der Waals surface area contributed by atoms with Crippen LogP contribution < -0.4 is 0 Å². The quantitative estimate of drug-likeness (QED) is 0.912. The van der Waals surface area contributed by atoms with Gasteiger partial charge in [-0.1, -0.05) is 5.16 Å². The molecule has 0 atom stereocenters. The summed E-state index contributed by atoms with van der Waals surface area (Å²) in [4.78, 5) is 24.7. The standard InChI is InChI=1S/C15H19N3O4/c1-5-17(8-14(19)20)15(21)12-6-9(2)18(11(12)4)13-7-10(3)22-16-13/h6-7H,5,8H2,1-4H3,(H,19,20). The number of amides is 1. The highest BCUT2D eigenvalue weighted by Crippen LogP contribution is 2.22. The first-order valence-electron chi connectivity index (χ1n) is 6.98. The van der Waals surface area contributed by atoms with Gasteiger partial charge in [0.1, 0.15) is 12.3 Å². The lowest BCUT2D eigenvalue weighted by molar-refractivity contribution is -0.137. The summed E-state index contributed by atoms with van der Waals surface area (Å²) in [5.41, 5.74) is 2.02. The molecule has 0 fully saturated rings. The van der Waals surface area contributed by atoms with E-state index in [1.54, 1.807) is 32.9 Å². The van der Waals surface area contributed by atoms with E-state index in [-0.39, 0.29) is 12.5 Å². The van der Waals surface area contributed by atoms with Crippen LogP contribution in [0.25, 0.3) is 5.82 Å². The highest BCUT2D eigenvalue weighted by atomic mass is 16.5. The topological polar surface area (TPSA) is 88.6 Å². The molecule has 2 heterocycles. The number of carbonyl (C=O) groups excluding carboxylic acids is 1. The zero-order valence-corrected chi connectivity index (χ0v) is 13.1. The Kier molecular flexibility index (Phi) is 4.35. The SMILES string of the molecule is CCN(CC(=O)O)C(=O)c1cc(C)n(-c2cc(C)on2)c1C. The highest BCUT2D eigenvalue weighted by Gasteiger charge is 2.23. The predicted molar refractivity (Wildman–Crippen MR) is 79.3 cm³/mol. The maximum atomic E-state index is 12.5. The van der Waals surface area contributed by atoms with Crippen LogP contribution in [-0.4, -0.2) is 44.7 Å². The average Bonchev–Trinajstić information content (AvgIpc) is 2.98. The molecule has 22 heavy (non-hydrogen) atoms. The Balaban J connectivity index is 2.41. The van der Waals surface area contributed by atoms with Crippen LogP contribution in [0.15, 0.2) is 16.7 Å². The fraction of sp³-hybridized carbons (Fsp3) is 0.400. The molecule has 0 aliphatic heterocycles. The second-order valence-corrected chi connectivity index (χ2v) is 5.13. The van der Waals surface area contributed by atoms with Gasteiger partial charge in [-0.2, -0.15) is 0 Å². The molecule has 2 aromatic rings. The first-order chi connectivity index (χ1) is 10.3. The summed E-state index contributed by atoms with van der Waals surface area (Å²) in [5.74, 6) is -0.0510. The lowest BCUT2D eigenvalue weighted by Crippen LogP contribution is -2.35. The minimum atomic E-state index is -1.03. The Morgan fingerprint density at radius 2 is 2.00 bits per heavy atom. The molecule has 1 N–H and O–H groups in total. The fourth-order valence-corrected chi connectivity index (χ4v) is 2.45. The summed E-state index contributed by atoms with van der Waals surface area (Å²) >= 11 is 0. The molecule has 0 unspecified atom stereocenters. The highest BCUT2D eigenvalue weighted by molar-refractivity contribution is 5.97. The Morgan fingerprint density at radius 3 is 2.50 bits per heavy atom. The predicted octanol–water partition coefficient (Wildman–Crippen LogP) is 1.94. The van der Waals surface area contributed by atoms with Gasteiger partial charge in [-0.05, 0) is 33.8 Å². The van der Waals surface area contributed by atoms with Gasteiger partial charge in [0.25, 0.3) is 5.91 Å². The number of aliphatic carboxylic acids is 1. The molecule has 0 aliphatic rings. The van der Waals surface area contributed by atoms with E-state index in [1.807, 2.05) is 11.5 Å². The number of hydrogen-bond acceptors (Lipinski definition) is 4. The van der Waals surface area contributed by atoms with Crippen LogP contribution in [-0.2, 0) is 4.79 Å². The van der Waals surface area contributed by atoms with E-state index in [9.17, 15) is 9.59 Å². The van der Waals surface area contributed by atoms with Gasteiger partial charge in [0.05, 0.1) is 5.56 Å². The molecule has 118 valence electrons.